The molecule has 0 unspecified atom stereocenters. The lowest BCUT2D eigenvalue weighted by atomic mass is 9.76. The highest BCUT2D eigenvalue weighted by atomic mass is 19.1. The Balaban J connectivity index is 1.60. The van der Waals surface area contributed by atoms with Gasteiger partial charge in [-0.05, 0) is 79.2 Å². The SMILES string of the molecule is CCCCCc1ccc(C2CCC(c3cc(F)c(C#N)c(F)c3)CC2)cc1. The third-order valence-corrected chi connectivity index (χ3v) is 5.89. The zero-order valence-corrected chi connectivity index (χ0v) is 16.0. The van der Waals surface area contributed by atoms with Gasteiger partial charge < -0.3 is 0 Å². The number of unbranched alkanes of at least 4 members (excludes halogenated alkanes) is 2. The van der Waals surface area contributed by atoms with Crippen molar-refractivity contribution < 1.29 is 8.78 Å². The molecule has 0 heterocycles. The summed E-state index contributed by atoms with van der Waals surface area (Å²) in [7, 11) is 0. The van der Waals surface area contributed by atoms with Crippen LogP contribution in [0.2, 0.25) is 0 Å². The van der Waals surface area contributed by atoms with Crippen molar-refractivity contribution in [2.24, 2.45) is 0 Å². The third kappa shape index (κ3) is 4.75. The van der Waals surface area contributed by atoms with Gasteiger partial charge in [0.1, 0.15) is 23.3 Å². The number of benzene rings is 2. The number of rotatable bonds is 6. The van der Waals surface area contributed by atoms with Crippen LogP contribution in [0.3, 0.4) is 0 Å². The van der Waals surface area contributed by atoms with Crippen molar-refractivity contribution in [2.45, 2.75) is 70.1 Å². The Hall–Kier alpha value is -2.21. The molecule has 1 fully saturated rings. The van der Waals surface area contributed by atoms with Gasteiger partial charge in [0.25, 0.3) is 0 Å². The van der Waals surface area contributed by atoms with Gasteiger partial charge in [-0.1, -0.05) is 44.0 Å². The fourth-order valence-corrected chi connectivity index (χ4v) is 4.23. The highest BCUT2D eigenvalue weighted by Gasteiger charge is 2.25. The minimum atomic E-state index is -0.742. The second kappa shape index (κ2) is 9.13. The monoisotopic (exact) mass is 367 g/mol. The molecule has 2 aromatic carbocycles. The minimum Gasteiger partial charge on any atom is -0.205 e. The van der Waals surface area contributed by atoms with Crippen LogP contribution in [0.25, 0.3) is 0 Å². The topological polar surface area (TPSA) is 23.8 Å². The molecule has 1 aliphatic rings. The Morgan fingerprint density at radius 2 is 1.44 bits per heavy atom. The van der Waals surface area contributed by atoms with Gasteiger partial charge in [0, 0.05) is 0 Å². The minimum absolute atomic E-state index is 0.173. The lowest BCUT2D eigenvalue weighted by molar-refractivity contribution is 0.394. The molecule has 1 aliphatic carbocycles. The number of hydrogen-bond donors (Lipinski definition) is 0. The second-order valence-electron chi connectivity index (χ2n) is 7.72. The summed E-state index contributed by atoms with van der Waals surface area (Å²) in [5.41, 5.74) is 2.99. The van der Waals surface area contributed by atoms with Crippen molar-refractivity contribution >= 4 is 0 Å². The molecule has 0 N–H and O–H groups in total. The van der Waals surface area contributed by atoms with Gasteiger partial charge in [0.05, 0.1) is 0 Å². The van der Waals surface area contributed by atoms with Crippen molar-refractivity contribution in [1.82, 2.24) is 0 Å². The highest BCUT2D eigenvalue weighted by Crippen LogP contribution is 2.41. The number of hydrogen-bond acceptors (Lipinski definition) is 1. The molecule has 0 aromatic heterocycles. The predicted molar refractivity (Wildman–Crippen MR) is 105 cm³/mol. The first-order chi connectivity index (χ1) is 13.1. The van der Waals surface area contributed by atoms with Gasteiger partial charge in [-0.15, -0.1) is 0 Å². The van der Waals surface area contributed by atoms with Crippen molar-refractivity contribution in [3.8, 4) is 6.07 Å². The van der Waals surface area contributed by atoms with Crippen molar-refractivity contribution in [3.05, 3.63) is 70.3 Å². The molecule has 0 aliphatic heterocycles. The Kier molecular flexibility index (Phi) is 6.61. The Bertz CT molecular complexity index is 773. The van der Waals surface area contributed by atoms with Crippen molar-refractivity contribution in [3.63, 3.8) is 0 Å². The van der Waals surface area contributed by atoms with Gasteiger partial charge in [-0.2, -0.15) is 5.26 Å². The molecule has 1 nitrogen and oxygen atoms in total. The molecule has 27 heavy (non-hydrogen) atoms. The molecule has 0 radical (unpaired) electrons. The second-order valence-corrected chi connectivity index (χ2v) is 7.72. The van der Waals surface area contributed by atoms with Crippen LogP contribution >= 0.6 is 0 Å². The summed E-state index contributed by atoms with van der Waals surface area (Å²) in [6.07, 6.45) is 8.83. The molecular formula is C24H27F2N. The molecule has 0 spiro atoms. The number of nitriles is 1. The molecule has 3 rings (SSSR count). The van der Waals surface area contributed by atoms with Crippen LogP contribution in [0.15, 0.2) is 36.4 Å². The fourth-order valence-electron chi connectivity index (χ4n) is 4.23. The maximum absolute atomic E-state index is 13.9. The van der Waals surface area contributed by atoms with Gasteiger partial charge in [0.15, 0.2) is 0 Å². The van der Waals surface area contributed by atoms with Crippen LogP contribution in [-0.2, 0) is 6.42 Å². The van der Waals surface area contributed by atoms with Gasteiger partial charge in [-0.3, -0.25) is 0 Å². The Labute approximate surface area is 161 Å². The molecule has 0 atom stereocenters. The van der Waals surface area contributed by atoms with E-state index in [0.29, 0.717) is 11.5 Å². The summed E-state index contributed by atoms with van der Waals surface area (Å²) in [6, 6.07) is 13.3. The largest absolute Gasteiger partial charge is 0.205 e. The van der Waals surface area contributed by atoms with Crippen LogP contribution in [0.5, 0.6) is 0 Å². The van der Waals surface area contributed by atoms with Gasteiger partial charge in [0.2, 0.25) is 0 Å². The zero-order chi connectivity index (χ0) is 19.2. The zero-order valence-electron chi connectivity index (χ0n) is 16.0. The number of aryl methyl sites for hydroxylation is 1. The molecule has 0 bridgehead atoms. The molecule has 2 aromatic rings. The number of nitrogens with zero attached hydrogens (tertiary/aromatic N) is 1. The maximum atomic E-state index is 13.9. The lowest BCUT2D eigenvalue weighted by Crippen LogP contribution is -2.13. The molecule has 0 saturated heterocycles. The van der Waals surface area contributed by atoms with E-state index in [0.717, 1.165) is 32.1 Å². The third-order valence-electron chi connectivity index (χ3n) is 5.89. The van der Waals surface area contributed by atoms with E-state index < -0.39 is 17.2 Å². The maximum Gasteiger partial charge on any atom is 0.144 e. The van der Waals surface area contributed by atoms with E-state index >= 15 is 0 Å². The average Bonchev–Trinajstić information content (AvgIpc) is 2.69. The summed E-state index contributed by atoms with van der Waals surface area (Å²) < 4.78 is 27.8. The first-order valence-electron chi connectivity index (χ1n) is 10.1. The standard InChI is InChI=1S/C24H27F2N/c1-2-3-4-5-17-6-8-18(9-7-17)19-10-12-20(13-11-19)21-14-23(25)22(16-27)24(26)15-21/h6-9,14-15,19-20H,2-5,10-13H2,1H3. The predicted octanol–water partition coefficient (Wildman–Crippen LogP) is 7.01. The average molecular weight is 367 g/mol. The van der Waals surface area contributed by atoms with E-state index in [4.69, 9.17) is 5.26 Å². The van der Waals surface area contributed by atoms with Crippen LogP contribution < -0.4 is 0 Å². The first-order valence-corrected chi connectivity index (χ1v) is 10.1. The van der Waals surface area contributed by atoms with Crippen LogP contribution in [0.1, 0.15) is 86.0 Å². The van der Waals surface area contributed by atoms with Crippen LogP contribution in [0.4, 0.5) is 8.78 Å². The molecule has 0 amide bonds. The number of halogens is 2. The molecule has 142 valence electrons. The summed E-state index contributed by atoms with van der Waals surface area (Å²) >= 11 is 0. The van der Waals surface area contributed by atoms with Crippen LogP contribution in [0, 0.1) is 23.0 Å². The summed E-state index contributed by atoms with van der Waals surface area (Å²) in [6.45, 7) is 2.22. The summed E-state index contributed by atoms with van der Waals surface area (Å²) in [5.74, 6) is -0.785. The molecule has 1 saturated carbocycles. The van der Waals surface area contributed by atoms with Gasteiger partial charge in [-0.25, -0.2) is 8.78 Å². The van der Waals surface area contributed by atoms with Crippen molar-refractivity contribution in [2.75, 3.05) is 0 Å². The highest BCUT2D eigenvalue weighted by molar-refractivity contribution is 5.37. The van der Waals surface area contributed by atoms with E-state index in [1.165, 1.54) is 42.5 Å². The summed E-state index contributed by atoms with van der Waals surface area (Å²) in [5, 5.41) is 8.81. The molecule has 3 heteroatoms. The van der Waals surface area contributed by atoms with E-state index in [1.54, 1.807) is 6.07 Å². The fraction of sp³-hybridized carbons (Fsp3) is 0.458. The molecular weight excluding hydrogens is 340 g/mol. The Morgan fingerprint density at radius 1 is 0.889 bits per heavy atom. The van der Waals surface area contributed by atoms with E-state index in [9.17, 15) is 8.78 Å². The quantitative estimate of drug-likeness (QED) is 0.504. The Morgan fingerprint density at radius 3 is 1.96 bits per heavy atom. The normalized spacial score (nSPS) is 19.6. The smallest absolute Gasteiger partial charge is 0.144 e. The van der Waals surface area contributed by atoms with E-state index in [2.05, 4.69) is 31.2 Å². The van der Waals surface area contributed by atoms with E-state index in [-0.39, 0.29) is 5.92 Å². The first kappa shape index (κ1) is 19.5. The van der Waals surface area contributed by atoms with E-state index in [1.807, 2.05) is 0 Å². The summed E-state index contributed by atoms with van der Waals surface area (Å²) in [4.78, 5) is 0. The van der Waals surface area contributed by atoms with Gasteiger partial charge >= 0.3 is 0 Å². The lowest BCUT2D eigenvalue weighted by Gasteiger charge is -2.29. The van der Waals surface area contributed by atoms with Crippen LogP contribution in [-0.4, -0.2) is 0 Å². The van der Waals surface area contributed by atoms with Crippen molar-refractivity contribution in [1.29, 1.82) is 5.26 Å².